The third-order valence-electron chi connectivity index (χ3n) is 5.17. The highest BCUT2D eigenvalue weighted by Crippen LogP contribution is 2.27. The van der Waals surface area contributed by atoms with Crippen LogP contribution in [0.2, 0.25) is 0 Å². The maximum atomic E-state index is 13.3. The van der Waals surface area contributed by atoms with E-state index >= 15 is 0 Å². The van der Waals surface area contributed by atoms with Gasteiger partial charge in [-0.15, -0.1) is 0 Å². The van der Waals surface area contributed by atoms with Crippen molar-refractivity contribution in [1.29, 1.82) is 0 Å². The summed E-state index contributed by atoms with van der Waals surface area (Å²) >= 11 is 3.39. The molecule has 0 saturated heterocycles. The number of aryl methyl sites for hydroxylation is 1. The Morgan fingerprint density at radius 3 is 2.75 bits per heavy atom. The van der Waals surface area contributed by atoms with Crippen molar-refractivity contribution in [1.82, 2.24) is 9.66 Å². The van der Waals surface area contributed by atoms with E-state index in [2.05, 4.69) is 31.3 Å². The number of amides is 1. The highest BCUT2D eigenvalue weighted by Gasteiger charge is 2.11. The molecule has 0 aliphatic heterocycles. The second kappa shape index (κ2) is 11.1. The number of methoxy groups -OCH3 is 1. The van der Waals surface area contributed by atoms with Gasteiger partial charge in [0.15, 0.2) is 18.1 Å². The molecule has 184 valence electrons. The lowest BCUT2D eigenvalue weighted by atomic mass is 10.2. The molecular weight excluding hydrogens is 531 g/mol. The number of ether oxygens (including phenoxy) is 2. The average Bonchev–Trinajstić information content (AvgIpc) is 2.87. The molecular formula is C26H22BrFN4O4. The van der Waals surface area contributed by atoms with Crippen LogP contribution >= 0.6 is 15.9 Å². The number of nitrogens with one attached hydrogen (secondary N) is 1. The number of hydrogen-bond donors (Lipinski definition) is 1. The van der Waals surface area contributed by atoms with Crippen LogP contribution in [0.5, 0.6) is 11.5 Å². The summed E-state index contributed by atoms with van der Waals surface area (Å²) in [5, 5.41) is 7.39. The molecule has 0 unspecified atom stereocenters. The summed E-state index contributed by atoms with van der Waals surface area (Å²) in [6.07, 6.45) is 2.04. The molecule has 1 heterocycles. The smallest absolute Gasteiger partial charge is 0.282 e. The fraction of sp³-hybridized carbons (Fsp3) is 0.154. The Bertz CT molecular complexity index is 1520. The van der Waals surface area contributed by atoms with Crippen LogP contribution in [0.1, 0.15) is 18.3 Å². The largest absolute Gasteiger partial charge is 0.493 e. The zero-order chi connectivity index (χ0) is 25.7. The zero-order valence-electron chi connectivity index (χ0n) is 19.5. The molecule has 1 N–H and O–H groups in total. The van der Waals surface area contributed by atoms with Crippen LogP contribution in [-0.4, -0.2) is 35.5 Å². The van der Waals surface area contributed by atoms with Gasteiger partial charge in [0.05, 0.1) is 24.2 Å². The van der Waals surface area contributed by atoms with Crippen LogP contribution in [0.4, 0.5) is 10.1 Å². The van der Waals surface area contributed by atoms with Gasteiger partial charge in [-0.3, -0.25) is 9.59 Å². The molecule has 1 aromatic heterocycles. The van der Waals surface area contributed by atoms with Gasteiger partial charge in [-0.2, -0.15) is 9.78 Å². The third-order valence-corrected chi connectivity index (χ3v) is 5.66. The van der Waals surface area contributed by atoms with Gasteiger partial charge in [-0.05, 0) is 60.2 Å². The summed E-state index contributed by atoms with van der Waals surface area (Å²) in [7, 11) is 1.47. The number of carbonyl (C=O) groups excluding carboxylic acids is 1. The van der Waals surface area contributed by atoms with E-state index < -0.39 is 11.7 Å². The normalized spacial score (nSPS) is 11.1. The van der Waals surface area contributed by atoms with Crippen molar-refractivity contribution in [2.24, 2.45) is 5.10 Å². The van der Waals surface area contributed by atoms with E-state index in [1.54, 1.807) is 36.4 Å². The predicted octanol–water partition coefficient (Wildman–Crippen LogP) is 4.77. The van der Waals surface area contributed by atoms with Crippen molar-refractivity contribution < 1.29 is 18.7 Å². The second-order valence-corrected chi connectivity index (χ2v) is 8.58. The Morgan fingerprint density at radius 2 is 2.00 bits per heavy atom. The Hall–Kier alpha value is -4.05. The van der Waals surface area contributed by atoms with E-state index in [1.165, 1.54) is 36.2 Å². The summed E-state index contributed by atoms with van der Waals surface area (Å²) in [4.78, 5) is 29.8. The van der Waals surface area contributed by atoms with Crippen molar-refractivity contribution in [3.05, 3.63) is 92.7 Å². The lowest BCUT2D eigenvalue weighted by Gasteiger charge is -2.12. The second-order valence-electron chi connectivity index (χ2n) is 7.66. The van der Waals surface area contributed by atoms with Crippen molar-refractivity contribution in [2.75, 3.05) is 19.0 Å². The maximum absolute atomic E-state index is 13.3. The summed E-state index contributed by atoms with van der Waals surface area (Å²) in [5.41, 5.74) is 1.31. The van der Waals surface area contributed by atoms with E-state index in [0.717, 1.165) is 4.47 Å². The van der Waals surface area contributed by atoms with Gasteiger partial charge >= 0.3 is 0 Å². The van der Waals surface area contributed by atoms with Gasteiger partial charge in [0.2, 0.25) is 0 Å². The number of aromatic nitrogens is 2. The number of anilines is 1. The van der Waals surface area contributed by atoms with E-state index in [1.807, 2.05) is 13.0 Å². The van der Waals surface area contributed by atoms with Crippen LogP contribution in [0.25, 0.3) is 10.9 Å². The monoisotopic (exact) mass is 552 g/mol. The number of rotatable bonds is 8. The Kier molecular flexibility index (Phi) is 7.74. The SMILES string of the molecule is CCc1nc2ccc(Br)cc2c(=O)n1N=Cc1ccc(OCC(=O)Nc2cccc(F)c2)c(OC)c1. The first-order valence-corrected chi connectivity index (χ1v) is 11.8. The highest BCUT2D eigenvalue weighted by molar-refractivity contribution is 9.10. The van der Waals surface area contributed by atoms with Crippen molar-refractivity contribution in [3.63, 3.8) is 0 Å². The van der Waals surface area contributed by atoms with Crippen LogP contribution in [0.3, 0.4) is 0 Å². The van der Waals surface area contributed by atoms with Crippen LogP contribution in [0.15, 0.2) is 75.0 Å². The molecule has 4 aromatic rings. The number of fused-ring (bicyclic) bond motifs is 1. The summed E-state index contributed by atoms with van der Waals surface area (Å²) < 4.78 is 26.3. The molecule has 0 fully saturated rings. The lowest BCUT2D eigenvalue weighted by Crippen LogP contribution is -2.22. The molecule has 0 spiro atoms. The fourth-order valence-electron chi connectivity index (χ4n) is 3.46. The summed E-state index contributed by atoms with van der Waals surface area (Å²) in [6, 6.07) is 15.9. The highest BCUT2D eigenvalue weighted by atomic mass is 79.9. The Morgan fingerprint density at radius 1 is 1.17 bits per heavy atom. The molecule has 3 aromatic carbocycles. The van der Waals surface area contributed by atoms with E-state index in [4.69, 9.17) is 9.47 Å². The standard InChI is InChI=1S/C26H22BrFN4O4/c1-3-24-31-21-9-8-17(27)12-20(21)26(34)32(24)29-14-16-7-10-22(23(11-16)35-2)36-15-25(33)30-19-6-4-5-18(28)13-19/h4-14H,3,15H2,1-2H3,(H,30,33). The van der Waals surface area contributed by atoms with E-state index in [0.29, 0.717) is 45.9 Å². The molecule has 0 aliphatic carbocycles. The first kappa shape index (κ1) is 25.1. The predicted molar refractivity (Wildman–Crippen MR) is 140 cm³/mol. The van der Waals surface area contributed by atoms with Gasteiger partial charge in [-0.25, -0.2) is 9.37 Å². The first-order chi connectivity index (χ1) is 17.4. The summed E-state index contributed by atoms with van der Waals surface area (Å²) in [6.45, 7) is 1.60. The minimum atomic E-state index is -0.451. The molecule has 0 bridgehead atoms. The summed E-state index contributed by atoms with van der Waals surface area (Å²) in [5.74, 6) is 0.347. The molecule has 10 heteroatoms. The van der Waals surface area contributed by atoms with E-state index in [9.17, 15) is 14.0 Å². The molecule has 0 atom stereocenters. The van der Waals surface area contributed by atoms with Crippen LogP contribution in [-0.2, 0) is 11.2 Å². The Labute approximate surface area is 214 Å². The molecule has 0 aliphatic rings. The average molecular weight is 553 g/mol. The number of benzene rings is 3. The maximum Gasteiger partial charge on any atom is 0.282 e. The zero-order valence-corrected chi connectivity index (χ0v) is 21.1. The number of nitrogens with zero attached hydrogens (tertiary/aromatic N) is 3. The first-order valence-electron chi connectivity index (χ1n) is 11.0. The molecule has 4 rings (SSSR count). The molecule has 8 nitrogen and oxygen atoms in total. The number of halogens is 2. The number of hydrogen-bond acceptors (Lipinski definition) is 6. The minimum absolute atomic E-state index is 0.273. The van der Waals surface area contributed by atoms with Gasteiger partial charge < -0.3 is 14.8 Å². The number of carbonyl (C=O) groups is 1. The topological polar surface area (TPSA) is 94.8 Å². The van der Waals surface area contributed by atoms with Crippen molar-refractivity contribution in [3.8, 4) is 11.5 Å². The van der Waals surface area contributed by atoms with Crippen molar-refractivity contribution in [2.45, 2.75) is 13.3 Å². The minimum Gasteiger partial charge on any atom is -0.493 e. The third kappa shape index (κ3) is 5.77. The molecule has 0 radical (unpaired) electrons. The van der Waals surface area contributed by atoms with Gasteiger partial charge in [0.1, 0.15) is 11.6 Å². The van der Waals surface area contributed by atoms with Gasteiger partial charge in [0, 0.05) is 16.6 Å². The molecule has 1 amide bonds. The molecule has 0 saturated carbocycles. The van der Waals surface area contributed by atoms with Gasteiger partial charge in [0.25, 0.3) is 11.5 Å². The fourth-order valence-corrected chi connectivity index (χ4v) is 3.82. The van der Waals surface area contributed by atoms with Crippen LogP contribution < -0.4 is 20.3 Å². The lowest BCUT2D eigenvalue weighted by molar-refractivity contribution is -0.118. The van der Waals surface area contributed by atoms with E-state index in [-0.39, 0.29) is 12.2 Å². The Balaban J connectivity index is 1.52. The van der Waals surface area contributed by atoms with Crippen LogP contribution in [0, 0.1) is 5.82 Å². The quantitative estimate of drug-likeness (QED) is 0.318. The molecule has 36 heavy (non-hydrogen) atoms. The van der Waals surface area contributed by atoms with Gasteiger partial charge in [-0.1, -0.05) is 28.9 Å². The van der Waals surface area contributed by atoms with Crippen molar-refractivity contribution >= 4 is 44.6 Å².